The van der Waals surface area contributed by atoms with E-state index in [1.807, 2.05) is 0 Å². The monoisotopic (exact) mass is 444 g/mol. The van der Waals surface area contributed by atoms with Gasteiger partial charge >= 0.3 is 6.18 Å². The highest BCUT2D eigenvalue weighted by molar-refractivity contribution is 6.00. The van der Waals surface area contributed by atoms with E-state index < -0.39 is 29.6 Å². The van der Waals surface area contributed by atoms with Gasteiger partial charge in [0, 0.05) is 12.1 Å². The van der Waals surface area contributed by atoms with Crippen LogP contribution in [0.25, 0.3) is 17.1 Å². The van der Waals surface area contributed by atoms with Gasteiger partial charge in [0.2, 0.25) is 0 Å². The molecule has 0 spiro atoms. The number of hydrogen-bond donors (Lipinski definition) is 0. The van der Waals surface area contributed by atoms with E-state index in [2.05, 4.69) is 10.1 Å². The third-order valence-corrected chi connectivity index (χ3v) is 5.54. The topological polar surface area (TPSA) is 63.6 Å². The zero-order chi connectivity index (χ0) is 22.5. The molecule has 1 fully saturated rings. The van der Waals surface area contributed by atoms with Crippen molar-refractivity contribution in [3.05, 3.63) is 77.6 Å². The number of amides is 1. The molecule has 4 heterocycles. The van der Waals surface area contributed by atoms with Gasteiger partial charge < -0.3 is 9.32 Å². The van der Waals surface area contributed by atoms with E-state index in [0.717, 1.165) is 12.3 Å². The summed E-state index contributed by atoms with van der Waals surface area (Å²) >= 11 is 0. The fraction of sp³-hybridized carbons (Fsp3) is 0.227. The highest BCUT2D eigenvalue weighted by Gasteiger charge is 2.38. The Morgan fingerprint density at radius 3 is 2.69 bits per heavy atom. The van der Waals surface area contributed by atoms with Crippen molar-refractivity contribution in [3.63, 3.8) is 0 Å². The van der Waals surface area contributed by atoms with Crippen molar-refractivity contribution in [3.8, 4) is 11.5 Å². The van der Waals surface area contributed by atoms with E-state index in [1.54, 1.807) is 18.2 Å². The number of alkyl halides is 3. The van der Waals surface area contributed by atoms with Crippen LogP contribution < -0.4 is 0 Å². The van der Waals surface area contributed by atoms with Crippen LogP contribution in [0.3, 0.4) is 0 Å². The maximum atomic E-state index is 14.4. The SMILES string of the molecule is O=C(c1cnn2c(C(F)(F)F)cc(-c3ccco3)nc12)N1CCC[C@H]1c1ccccc1F. The molecule has 1 saturated heterocycles. The zero-order valence-electron chi connectivity index (χ0n) is 16.5. The summed E-state index contributed by atoms with van der Waals surface area (Å²) in [6.45, 7) is 0.346. The van der Waals surface area contributed by atoms with E-state index in [9.17, 15) is 22.4 Å². The van der Waals surface area contributed by atoms with Crippen LogP contribution in [0.2, 0.25) is 0 Å². The van der Waals surface area contributed by atoms with Crippen molar-refractivity contribution >= 4 is 11.6 Å². The highest BCUT2D eigenvalue weighted by atomic mass is 19.4. The number of carbonyl (C=O) groups is 1. The quantitative estimate of drug-likeness (QED) is 0.411. The van der Waals surface area contributed by atoms with Crippen LogP contribution in [0.15, 0.2) is 59.3 Å². The molecule has 1 aliphatic rings. The van der Waals surface area contributed by atoms with Crippen LogP contribution in [0.5, 0.6) is 0 Å². The number of benzene rings is 1. The molecule has 4 aromatic rings. The molecule has 0 unspecified atom stereocenters. The summed E-state index contributed by atoms with van der Waals surface area (Å²) in [5, 5.41) is 3.80. The zero-order valence-corrected chi connectivity index (χ0v) is 16.5. The lowest BCUT2D eigenvalue weighted by atomic mass is 10.0. The van der Waals surface area contributed by atoms with Crippen molar-refractivity contribution in [1.82, 2.24) is 19.5 Å². The molecule has 0 saturated carbocycles. The van der Waals surface area contributed by atoms with Gasteiger partial charge in [0.05, 0.1) is 18.5 Å². The molecule has 0 aliphatic carbocycles. The minimum absolute atomic E-state index is 0.0727. The van der Waals surface area contributed by atoms with E-state index in [1.165, 1.54) is 29.4 Å². The lowest BCUT2D eigenvalue weighted by molar-refractivity contribution is -0.142. The highest BCUT2D eigenvalue weighted by Crippen LogP contribution is 2.36. The van der Waals surface area contributed by atoms with Gasteiger partial charge in [-0.05, 0) is 37.1 Å². The number of likely N-dealkylation sites (tertiary alicyclic amines) is 1. The summed E-state index contributed by atoms with van der Waals surface area (Å²) in [4.78, 5) is 19.1. The summed E-state index contributed by atoms with van der Waals surface area (Å²) in [5.74, 6) is -0.861. The number of hydrogen-bond acceptors (Lipinski definition) is 4. The third-order valence-electron chi connectivity index (χ3n) is 5.54. The van der Waals surface area contributed by atoms with Gasteiger partial charge in [-0.1, -0.05) is 18.2 Å². The van der Waals surface area contributed by atoms with Crippen molar-refractivity contribution in [1.29, 1.82) is 0 Å². The number of rotatable bonds is 3. The first-order valence-electron chi connectivity index (χ1n) is 9.90. The first-order chi connectivity index (χ1) is 15.3. The Bertz CT molecular complexity index is 1300. The normalized spacial score (nSPS) is 16.8. The number of nitrogens with zero attached hydrogens (tertiary/aromatic N) is 4. The summed E-state index contributed by atoms with van der Waals surface area (Å²) in [7, 11) is 0. The van der Waals surface area contributed by atoms with Crippen LogP contribution in [0, 0.1) is 5.82 Å². The molecular formula is C22H16F4N4O2. The largest absolute Gasteiger partial charge is 0.463 e. The van der Waals surface area contributed by atoms with Gasteiger partial charge in [-0.3, -0.25) is 4.79 Å². The number of fused-ring (bicyclic) bond motifs is 1. The number of aromatic nitrogens is 3. The summed E-state index contributed by atoms with van der Waals surface area (Å²) in [5.41, 5.74) is -1.12. The van der Waals surface area contributed by atoms with E-state index >= 15 is 0 Å². The second-order valence-electron chi connectivity index (χ2n) is 7.47. The minimum Gasteiger partial charge on any atom is -0.463 e. The van der Waals surface area contributed by atoms with Gasteiger partial charge in [-0.25, -0.2) is 13.9 Å². The van der Waals surface area contributed by atoms with Crippen molar-refractivity contribution < 1.29 is 26.8 Å². The molecule has 3 aromatic heterocycles. The van der Waals surface area contributed by atoms with E-state index in [-0.39, 0.29) is 22.7 Å². The smallest absolute Gasteiger partial charge is 0.433 e. The van der Waals surface area contributed by atoms with Crippen molar-refractivity contribution in [2.75, 3.05) is 6.54 Å². The molecule has 1 aromatic carbocycles. The molecule has 32 heavy (non-hydrogen) atoms. The van der Waals surface area contributed by atoms with Crippen molar-refractivity contribution in [2.45, 2.75) is 25.1 Å². The van der Waals surface area contributed by atoms with Gasteiger partial charge in [0.25, 0.3) is 5.91 Å². The molecule has 0 bridgehead atoms. The Morgan fingerprint density at radius 2 is 1.97 bits per heavy atom. The fourth-order valence-corrected chi connectivity index (χ4v) is 4.10. The van der Waals surface area contributed by atoms with Crippen molar-refractivity contribution in [2.24, 2.45) is 0 Å². The Morgan fingerprint density at radius 1 is 1.16 bits per heavy atom. The predicted octanol–water partition coefficient (Wildman–Crippen LogP) is 5.12. The molecule has 6 nitrogen and oxygen atoms in total. The summed E-state index contributed by atoms with van der Waals surface area (Å²) < 4.78 is 61.3. The predicted molar refractivity (Wildman–Crippen MR) is 105 cm³/mol. The lowest BCUT2D eigenvalue weighted by Crippen LogP contribution is -2.31. The first-order valence-corrected chi connectivity index (χ1v) is 9.90. The maximum absolute atomic E-state index is 14.4. The molecule has 1 aliphatic heterocycles. The van der Waals surface area contributed by atoms with Gasteiger partial charge in [-0.15, -0.1) is 0 Å². The lowest BCUT2D eigenvalue weighted by Gasteiger charge is -2.25. The van der Waals surface area contributed by atoms with Crippen LogP contribution >= 0.6 is 0 Å². The molecule has 0 N–H and O–H groups in total. The average Bonchev–Trinajstić information content (AvgIpc) is 3.52. The van der Waals surface area contributed by atoms with Crippen LogP contribution in [0.1, 0.15) is 40.5 Å². The second-order valence-corrected chi connectivity index (χ2v) is 7.47. The Kier molecular flexibility index (Phi) is 4.72. The molecule has 1 atom stereocenters. The minimum atomic E-state index is -4.74. The van der Waals surface area contributed by atoms with Gasteiger partial charge in [0.15, 0.2) is 17.1 Å². The first kappa shape index (κ1) is 20.2. The van der Waals surface area contributed by atoms with Crippen LogP contribution in [-0.2, 0) is 6.18 Å². The molecular weight excluding hydrogens is 428 g/mol. The fourth-order valence-electron chi connectivity index (χ4n) is 4.10. The van der Waals surface area contributed by atoms with E-state index in [0.29, 0.717) is 29.5 Å². The molecule has 164 valence electrons. The molecule has 0 radical (unpaired) electrons. The van der Waals surface area contributed by atoms with Crippen LogP contribution in [-0.4, -0.2) is 31.9 Å². The number of halogens is 4. The second kappa shape index (κ2) is 7.47. The molecule has 10 heteroatoms. The van der Waals surface area contributed by atoms with Crippen LogP contribution in [0.4, 0.5) is 17.6 Å². The number of furan rings is 1. The third kappa shape index (κ3) is 3.31. The van der Waals surface area contributed by atoms with E-state index in [4.69, 9.17) is 4.42 Å². The van der Waals surface area contributed by atoms with Gasteiger partial charge in [0.1, 0.15) is 17.1 Å². The average molecular weight is 444 g/mol. The Hall–Kier alpha value is -3.69. The standard InChI is InChI=1S/C22H16F4N4O2/c23-15-6-2-1-5-13(15)17-7-3-9-29(17)21(31)14-12-27-30-19(22(24,25)26)11-16(28-20(14)30)18-8-4-10-32-18/h1-2,4-6,8,10-12,17H,3,7,9H2/t17-/m0/s1. The molecule has 1 amide bonds. The Labute approximate surface area is 179 Å². The Balaban J connectivity index is 1.62. The maximum Gasteiger partial charge on any atom is 0.433 e. The summed E-state index contributed by atoms with van der Waals surface area (Å²) in [6.07, 6.45) is -1.16. The van der Waals surface area contributed by atoms with Gasteiger partial charge in [-0.2, -0.15) is 18.3 Å². The summed E-state index contributed by atoms with van der Waals surface area (Å²) in [6, 6.07) is 9.48. The molecule has 5 rings (SSSR count). The number of carbonyl (C=O) groups excluding carboxylic acids is 1.